The number of hydrogen-bond acceptors (Lipinski definition) is 4. The van der Waals surface area contributed by atoms with E-state index in [1.54, 1.807) is 0 Å². The molecule has 0 saturated heterocycles. The fourth-order valence-corrected chi connectivity index (χ4v) is 2.36. The number of ether oxygens (including phenoxy) is 2. The summed E-state index contributed by atoms with van der Waals surface area (Å²) in [6, 6.07) is 0. The molecule has 0 atom stereocenters. The van der Waals surface area contributed by atoms with Crippen LogP contribution in [0.3, 0.4) is 0 Å². The number of unbranched alkanes of at least 4 members (excludes halogenated alkanes) is 1. The Hall–Kier alpha value is -1.14. The lowest BCUT2D eigenvalue weighted by Gasteiger charge is -2.18. The highest BCUT2D eigenvalue weighted by molar-refractivity contribution is 5.76. The zero-order chi connectivity index (χ0) is 21.1. The number of nitrogens with zero attached hydrogens (tertiary/aromatic N) is 2. The van der Waals surface area contributed by atoms with Gasteiger partial charge in [0.2, 0.25) is 11.8 Å². The van der Waals surface area contributed by atoms with Gasteiger partial charge in [-0.1, -0.05) is 13.3 Å². The molecule has 0 aromatic rings. The van der Waals surface area contributed by atoms with Crippen LogP contribution in [0.4, 0.5) is 0 Å². The Labute approximate surface area is 167 Å². The van der Waals surface area contributed by atoms with Gasteiger partial charge in [0.1, 0.15) is 0 Å². The molecule has 0 saturated carbocycles. The summed E-state index contributed by atoms with van der Waals surface area (Å²) in [6.07, 6.45) is 3.46. The summed E-state index contributed by atoms with van der Waals surface area (Å²) in [5, 5.41) is 0. The molecule has 2 amide bonds. The van der Waals surface area contributed by atoms with E-state index in [-0.39, 0.29) is 17.9 Å². The van der Waals surface area contributed by atoms with Gasteiger partial charge in [-0.25, -0.2) is 0 Å². The SMILES string of the molecule is CCCCOCCC(=O)N(CC)CC.CCN(CC)C(=O)CCOC(C)C. The molecule has 0 radical (unpaired) electrons. The van der Waals surface area contributed by atoms with Crippen molar-refractivity contribution in [3.05, 3.63) is 0 Å². The average molecular weight is 389 g/mol. The Kier molecular flexibility index (Phi) is 20.4. The summed E-state index contributed by atoms with van der Waals surface area (Å²) < 4.78 is 10.6. The molecule has 0 fully saturated rings. The predicted octanol–water partition coefficient (Wildman–Crippen LogP) is 3.73. The van der Waals surface area contributed by atoms with Crippen molar-refractivity contribution >= 4 is 11.8 Å². The van der Waals surface area contributed by atoms with Gasteiger partial charge >= 0.3 is 0 Å². The third kappa shape index (κ3) is 16.7. The van der Waals surface area contributed by atoms with E-state index in [2.05, 4.69) is 6.92 Å². The lowest BCUT2D eigenvalue weighted by molar-refractivity contribution is -0.133. The van der Waals surface area contributed by atoms with Crippen molar-refractivity contribution in [1.29, 1.82) is 0 Å². The maximum absolute atomic E-state index is 11.5. The minimum absolute atomic E-state index is 0.186. The molecule has 6 heteroatoms. The van der Waals surface area contributed by atoms with Crippen LogP contribution in [0.2, 0.25) is 0 Å². The van der Waals surface area contributed by atoms with Crippen molar-refractivity contribution in [3.8, 4) is 0 Å². The van der Waals surface area contributed by atoms with Crippen LogP contribution < -0.4 is 0 Å². The maximum atomic E-state index is 11.5. The summed E-state index contributed by atoms with van der Waals surface area (Å²) >= 11 is 0. The van der Waals surface area contributed by atoms with E-state index in [1.165, 1.54) is 0 Å². The lowest BCUT2D eigenvalue weighted by Crippen LogP contribution is -2.31. The smallest absolute Gasteiger partial charge is 0.224 e. The second-order valence-corrected chi connectivity index (χ2v) is 6.52. The Bertz CT molecular complexity index is 354. The van der Waals surface area contributed by atoms with E-state index in [0.717, 1.165) is 45.6 Å². The molecule has 0 bridgehead atoms. The normalized spacial score (nSPS) is 10.4. The molecule has 0 aliphatic rings. The lowest BCUT2D eigenvalue weighted by atomic mass is 10.3. The number of rotatable bonds is 14. The first-order chi connectivity index (χ1) is 12.9. The monoisotopic (exact) mass is 388 g/mol. The molecule has 6 nitrogen and oxygen atoms in total. The highest BCUT2D eigenvalue weighted by Crippen LogP contribution is 1.97. The molecule has 0 N–H and O–H groups in total. The molecule has 0 aliphatic carbocycles. The third-order valence-electron chi connectivity index (χ3n) is 4.10. The molecular weight excluding hydrogens is 344 g/mol. The fourth-order valence-electron chi connectivity index (χ4n) is 2.36. The van der Waals surface area contributed by atoms with E-state index >= 15 is 0 Å². The summed E-state index contributed by atoms with van der Waals surface area (Å²) in [6.45, 7) is 19.1. The van der Waals surface area contributed by atoms with Crippen molar-refractivity contribution in [2.45, 2.75) is 80.3 Å². The number of carbonyl (C=O) groups excluding carboxylic acids is 2. The Morgan fingerprint density at radius 3 is 1.56 bits per heavy atom. The summed E-state index contributed by atoms with van der Waals surface area (Å²) in [7, 11) is 0. The largest absolute Gasteiger partial charge is 0.381 e. The van der Waals surface area contributed by atoms with Gasteiger partial charge in [-0.2, -0.15) is 0 Å². The quantitative estimate of drug-likeness (QED) is 0.425. The van der Waals surface area contributed by atoms with Crippen molar-refractivity contribution in [3.63, 3.8) is 0 Å². The van der Waals surface area contributed by atoms with Crippen molar-refractivity contribution in [2.75, 3.05) is 46.0 Å². The number of carbonyl (C=O) groups is 2. The first-order valence-corrected chi connectivity index (χ1v) is 10.6. The molecule has 162 valence electrons. The van der Waals surface area contributed by atoms with Crippen LogP contribution in [-0.4, -0.2) is 73.7 Å². The summed E-state index contributed by atoms with van der Waals surface area (Å²) in [4.78, 5) is 26.6. The van der Waals surface area contributed by atoms with Crippen molar-refractivity contribution in [1.82, 2.24) is 9.80 Å². The summed E-state index contributed by atoms with van der Waals surface area (Å²) in [5.74, 6) is 0.386. The molecule has 0 heterocycles. The highest BCUT2D eigenvalue weighted by Gasteiger charge is 2.09. The van der Waals surface area contributed by atoms with E-state index < -0.39 is 0 Å². The predicted molar refractivity (Wildman–Crippen MR) is 112 cm³/mol. The van der Waals surface area contributed by atoms with Crippen LogP contribution in [0.5, 0.6) is 0 Å². The van der Waals surface area contributed by atoms with Crippen LogP contribution >= 0.6 is 0 Å². The standard InChI is InChI=1S/C11H23NO2.C10H21NO2/c1-4-7-9-14-10-8-11(13)12(5-2)6-3;1-5-11(6-2)10(12)7-8-13-9(3)4/h4-10H2,1-3H3;9H,5-8H2,1-4H3. The zero-order valence-electron chi connectivity index (χ0n) is 18.9. The Morgan fingerprint density at radius 1 is 0.741 bits per heavy atom. The first kappa shape index (κ1) is 28.1. The van der Waals surface area contributed by atoms with E-state index in [4.69, 9.17) is 9.47 Å². The zero-order valence-corrected chi connectivity index (χ0v) is 18.9. The summed E-state index contributed by atoms with van der Waals surface area (Å²) in [5.41, 5.74) is 0. The van der Waals surface area contributed by atoms with Crippen molar-refractivity contribution < 1.29 is 19.1 Å². The third-order valence-corrected chi connectivity index (χ3v) is 4.10. The average Bonchev–Trinajstić information content (AvgIpc) is 2.64. The molecule has 0 spiro atoms. The molecule has 27 heavy (non-hydrogen) atoms. The van der Waals surface area contributed by atoms with Gasteiger partial charge in [0.05, 0.1) is 32.2 Å². The van der Waals surface area contributed by atoms with Crippen LogP contribution in [0.15, 0.2) is 0 Å². The molecule has 0 aromatic carbocycles. The highest BCUT2D eigenvalue weighted by atomic mass is 16.5. The fraction of sp³-hybridized carbons (Fsp3) is 0.905. The van der Waals surface area contributed by atoms with E-state index in [9.17, 15) is 9.59 Å². The van der Waals surface area contributed by atoms with Gasteiger partial charge in [0.25, 0.3) is 0 Å². The van der Waals surface area contributed by atoms with Crippen LogP contribution in [-0.2, 0) is 19.1 Å². The van der Waals surface area contributed by atoms with Gasteiger partial charge < -0.3 is 19.3 Å². The van der Waals surface area contributed by atoms with Crippen LogP contribution in [0.1, 0.15) is 74.1 Å². The second-order valence-electron chi connectivity index (χ2n) is 6.52. The number of amides is 2. The van der Waals surface area contributed by atoms with Crippen LogP contribution in [0, 0.1) is 0 Å². The topological polar surface area (TPSA) is 59.1 Å². The van der Waals surface area contributed by atoms with Gasteiger partial charge in [0.15, 0.2) is 0 Å². The van der Waals surface area contributed by atoms with Gasteiger partial charge in [-0.05, 0) is 48.0 Å². The van der Waals surface area contributed by atoms with Crippen molar-refractivity contribution in [2.24, 2.45) is 0 Å². The maximum Gasteiger partial charge on any atom is 0.224 e. The minimum Gasteiger partial charge on any atom is -0.381 e. The molecule has 0 aromatic heterocycles. The Morgan fingerprint density at radius 2 is 1.19 bits per heavy atom. The van der Waals surface area contributed by atoms with Gasteiger partial charge in [0, 0.05) is 32.8 Å². The van der Waals surface area contributed by atoms with Gasteiger partial charge in [-0.15, -0.1) is 0 Å². The molecule has 0 rings (SSSR count). The molecular formula is C21H44N2O4. The molecule has 0 unspecified atom stereocenters. The van der Waals surface area contributed by atoms with Crippen LogP contribution in [0.25, 0.3) is 0 Å². The van der Waals surface area contributed by atoms with Gasteiger partial charge in [-0.3, -0.25) is 9.59 Å². The number of hydrogen-bond donors (Lipinski definition) is 0. The van der Waals surface area contributed by atoms with E-state index in [0.29, 0.717) is 26.1 Å². The minimum atomic E-state index is 0.186. The first-order valence-electron chi connectivity index (χ1n) is 10.6. The van der Waals surface area contributed by atoms with E-state index in [1.807, 2.05) is 51.3 Å². The Balaban J connectivity index is 0. The second kappa shape index (κ2) is 19.6. The molecule has 0 aliphatic heterocycles.